The summed E-state index contributed by atoms with van der Waals surface area (Å²) in [6.45, 7) is 5.73. The lowest BCUT2D eigenvalue weighted by molar-refractivity contribution is -0.143. The molecule has 7 heteroatoms. The second kappa shape index (κ2) is 7.09. The molecule has 2 amide bonds. The molecule has 1 aliphatic rings. The normalized spacial score (nSPS) is 17.8. The van der Waals surface area contributed by atoms with E-state index in [4.69, 9.17) is 4.74 Å². The summed E-state index contributed by atoms with van der Waals surface area (Å²) in [5.41, 5.74) is 1.66. The minimum Gasteiger partial charge on any atom is -0.466 e. The quantitative estimate of drug-likeness (QED) is 0.670. The number of ether oxygens (including phenoxy) is 1. The minimum absolute atomic E-state index is 0.460. The van der Waals surface area contributed by atoms with Crippen LogP contribution in [0.1, 0.15) is 23.7 Å². The molecular formula is C22H22N4O3. The van der Waals surface area contributed by atoms with E-state index in [2.05, 4.69) is 15.7 Å². The lowest BCUT2D eigenvalue weighted by Crippen LogP contribution is -2.56. The van der Waals surface area contributed by atoms with Crippen LogP contribution in [0.5, 0.6) is 5.75 Å². The van der Waals surface area contributed by atoms with Crippen LogP contribution in [0.25, 0.3) is 0 Å². The molecule has 0 saturated carbocycles. The van der Waals surface area contributed by atoms with Gasteiger partial charge in [0, 0.05) is 6.07 Å². The molecule has 0 spiro atoms. The highest BCUT2D eigenvalue weighted by molar-refractivity contribution is 6.18. The predicted octanol–water partition coefficient (Wildman–Crippen LogP) is 3.28. The van der Waals surface area contributed by atoms with E-state index in [0.29, 0.717) is 23.8 Å². The predicted molar refractivity (Wildman–Crippen MR) is 110 cm³/mol. The van der Waals surface area contributed by atoms with Crippen molar-refractivity contribution in [3.63, 3.8) is 0 Å². The molecule has 1 unspecified atom stereocenters. The molecule has 2 heterocycles. The zero-order valence-corrected chi connectivity index (χ0v) is 16.5. The van der Waals surface area contributed by atoms with Crippen molar-refractivity contribution in [2.75, 3.05) is 10.6 Å². The van der Waals surface area contributed by atoms with Gasteiger partial charge in [-0.3, -0.25) is 9.59 Å². The summed E-state index contributed by atoms with van der Waals surface area (Å²) in [5.74, 6) is -0.111. The van der Waals surface area contributed by atoms with Gasteiger partial charge in [-0.2, -0.15) is 5.10 Å². The molecule has 0 radical (unpaired) electrons. The number of nitrogens with zero attached hydrogens (tertiary/aromatic N) is 2. The number of aryl methyl sites for hydroxylation is 2. The van der Waals surface area contributed by atoms with E-state index in [0.717, 1.165) is 16.8 Å². The first-order valence-electron chi connectivity index (χ1n) is 9.36. The summed E-state index contributed by atoms with van der Waals surface area (Å²) in [6.07, 6.45) is 0. The number of nitrogens with one attached hydrogen (secondary N) is 2. The number of benzene rings is 2. The Labute approximate surface area is 168 Å². The Morgan fingerprint density at radius 2 is 1.93 bits per heavy atom. The number of fused-ring (bicyclic) bond motifs is 1. The molecule has 0 saturated heterocycles. The van der Waals surface area contributed by atoms with Crippen molar-refractivity contribution in [1.82, 2.24) is 9.78 Å². The first-order valence-corrected chi connectivity index (χ1v) is 9.36. The smallest absolute Gasteiger partial charge is 0.279 e. The van der Waals surface area contributed by atoms with Crippen LogP contribution >= 0.6 is 0 Å². The number of carbonyl (C=O) groups excluding carboxylic acids is 2. The molecule has 0 bridgehead atoms. The Kier molecular flexibility index (Phi) is 4.58. The average Bonchev–Trinajstić information content (AvgIpc) is 3.02. The van der Waals surface area contributed by atoms with E-state index in [1.54, 1.807) is 16.8 Å². The molecule has 1 atom stereocenters. The fraction of sp³-hybridized carbons (Fsp3) is 0.227. The highest BCUT2D eigenvalue weighted by Gasteiger charge is 2.47. The lowest BCUT2D eigenvalue weighted by Gasteiger charge is -2.33. The van der Waals surface area contributed by atoms with Gasteiger partial charge in [-0.25, -0.2) is 4.68 Å². The van der Waals surface area contributed by atoms with Gasteiger partial charge in [0.2, 0.25) is 0 Å². The minimum atomic E-state index is -1.70. The van der Waals surface area contributed by atoms with Gasteiger partial charge in [-0.1, -0.05) is 36.4 Å². The van der Waals surface area contributed by atoms with Crippen LogP contribution in [0.15, 0.2) is 54.6 Å². The van der Waals surface area contributed by atoms with Gasteiger partial charge in [0.15, 0.2) is 0 Å². The third-order valence-corrected chi connectivity index (χ3v) is 4.88. The highest BCUT2D eigenvalue weighted by Crippen LogP contribution is 2.34. The van der Waals surface area contributed by atoms with Gasteiger partial charge in [0.1, 0.15) is 11.6 Å². The molecule has 1 aromatic heterocycles. The van der Waals surface area contributed by atoms with Crippen LogP contribution in [-0.4, -0.2) is 27.2 Å². The van der Waals surface area contributed by atoms with Crippen molar-refractivity contribution in [2.24, 2.45) is 0 Å². The van der Waals surface area contributed by atoms with E-state index < -0.39 is 17.4 Å². The van der Waals surface area contributed by atoms with Gasteiger partial charge in [0.05, 0.1) is 17.9 Å². The molecule has 148 valence electrons. The van der Waals surface area contributed by atoms with Crippen LogP contribution in [0.3, 0.4) is 0 Å². The maximum absolute atomic E-state index is 13.1. The van der Waals surface area contributed by atoms with Crippen LogP contribution in [-0.2, 0) is 16.1 Å². The summed E-state index contributed by atoms with van der Waals surface area (Å²) in [6, 6.07) is 17.0. The monoisotopic (exact) mass is 390 g/mol. The second-order valence-electron chi connectivity index (χ2n) is 7.36. The van der Waals surface area contributed by atoms with Gasteiger partial charge >= 0.3 is 0 Å². The van der Waals surface area contributed by atoms with Crippen molar-refractivity contribution >= 4 is 23.3 Å². The Morgan fingerprint density at radius 1 is 1.17 bits per heavy atom. The Morgan fingerprint density at radius 3 is 2.69 bits per heavy atom. The summed E-state index contributed by atoms with van der Waals surface area (Å²) in [5, 5.41) is 10.0. The van der Waals surface area contributed by atoms with Crippen molar-refractivity contribution in [1.29, 1.82) is 0 Å². The largest absolute Gasteiger partial charge is 0.466 e. The molecule has 2 N–H and O–H groups in total. The Bertz CT molecular complexity index is 1090. The lowest BCUT2D eigenvalue weighted by atomic mass is 10.0. The number of anilines is 2. The standard InChI is InChI=1S/C22H22N4O3/c1-14-9-10-18-17(11-14)23-20(27)22(3,29-18)21(28)24-19-12-15(2)25-26(19)13-16-7-5-4-6-8-16/h4-12H,13H2,1-3H3,(H,23,27)(H,24,28). The summed E-state index contributed by atoms with van der Waals surface area (Å²) in [7, 11) is 0. The van der Waals surface area contributed by atoms with Gasteiger partial charge in [-0.05, 0) is 44.0 Å². The first kappa shape index (κ1) is 18.7. The maximum atomic E-state index is 13.1. The molecule has 1 aliphatic heterocycles. The molecule has 4 rings (SSSR count). The van der Waals surface area contributed by atoms with Crippen molar-refractivity contribution in [3.05, 3.63) is 71.4 Å². The van der Waals surface area contributed by atoms with E-state index in [-0.39, 0.29) is 0 Å². The maximum Gasteiger partial charge on any atom is 0.279 e. The Balaban J connectivity index is 1.58. The molecule has 29 heavy (non-hydrogen) atoms. The van der Waals surface area contributed by atoms with Crippen LogP contribution < -0.4 is 15.4 Å². The van der Waals surface area contributed by atoms with E-state index in [9.17, 15) is 9.59 Å². The summed E-state index contributed by atoms with van der Waals surface area (Å²) < 4.78 is 7.53. The van der Waals surface area contributed by atoms with Crippen LogP contribution in [0, 0.1) is 13.8 Å². The molecule has 7 nitrogen and oxygen atoms in total. The molecule has 0 fully saturated rings. The topological polar surface area (TPSA) is 85.3 Å². The van der Waals surface area contributed by atoms with Gasteiger partial charge in [-0.15, -0.1) is 0 Å². The number of hydrogen-bond donors (Lipinski definition) is 2. The summed E-state index contributed by atoms with van der Waals surface area (Å²) >= 11 is 0. The van der Waals surface area contributed by atoms with Crippen LogP contribution in [0.4, 0.5) is 11.5 Å². The van der Waals surface area contributed by atoms with Crippen LogP contribution in [0.2, 0.25) is 0 Å². The van der Waals surface area contributed by atoms with Crippen molar-refractivity contribution < 1.29 is 14.3 Å². The number of rotatable bonds is 4. The molecule has 3 aromatic rings. The number of aromatic nitrogens is 2. The van der Waals surface area contributed by atoms with E-state index in [1.807, 2.05) is 56.3 Å². The summed E-state index contributed by atoms with van der Waals surface area (Å²) in [4.78, 5) is 25.7. The fourth-order valence-electron chi connectivity index (χ4n) is 3.25. The zero-order chi connectivity index (χ0) is 20.6. The third kappa shape index (κ3) is 3.59. The molecule has 0 aliphatic carbocycles. The van der Waals surface area contributed by atoms with Crippen molar-refractivity contribution in [3.8, 4) is 5.75 Å². The number of carbonyl (C=O) groups is 2. The van der Waals surface area contributed by atoms with Crippen molar-refractivity contribution in [2.45, 2.75) is 32.9 Å². The first-order chi connectivity index (χ1) is 13.8. The second-order valence-corrected chi connectivity index (χ2v) is 7.36. The van der Waals surface area contributed by atoms with Gasteiger partial charge < -0.3 is 15.4 Å². The molecule has 2 aromatic carbocycles. The molecular weight excluding hydrogens is 368 g/mol. The van der Waals surface area contributed by atoms with E-state index in [1.165, 1.54) is 6.92 Å². The third-order valence-electron chi connectivity index (χ3n) is 4.88. The number of amides is 2. The highest BCUT2D eigenvalue weighted by atomic mass is 16.5. The average molecular weight is 390 g/mol. The zero-order valence-electron chi connectivity index (χ0n) is 16.5. The van der Waals surface area contributed by atoms with E-state index >= 15 is 0 Å². The SMILES string of the molecule is Cc1ccc2c(c1)NC(=O)C(C)(C(=O)Nc1cc(C)nn1Cc1ccccc1)O2. The fourth-order valence-corrected chi connectivity index (χ4v) is 3.25. The Hall–Kier alpha value is -3.61. The van der Waals surface area contributed by atoms with Gasteiger partial charge in [0.25, 0.3) is 17.4 Å². The number of hydrogen-bond acceptors (Lipinski definition) is 4.